The Morgan fingerprint density at radius 1 is 1.07 bits per heavy atom. The number of piperazine rings is 1. The van der Waals surface area contributed by atoms with Gasteiger partial charge < -0.3 is 15.8 Å². The Morgan fingerprint density at radius 2 is 1.70 bits per heavy atom. The monoisotopic (exact) mass is 389 g/mol. The maximum Gasteiger partial charge on any atom is 0.248 e. The molecule has 2 aromatic rings. The van der Waals surface area contributed by atoms with Crippen molar-refractivity contribution in [2.75, 3.05) is 26.2 Å². The lowest BCUT2D eigenvalue weighted by Gasteiger charge is -2.27. The molecule has 0 unspecified atom stereocenters. The first-order chi connectivity index (χ1) is 12.8. The Bertz CT molecular complexity index is 947. The number of primary amides is 1. The van der Waals surface area contributed by atoms with Crippen LogP contribution in [0.3, 0.4) is 0 Å². The highest BCUT2D eigenvalue weighted by atomic mass is 32.2. The summed E-state index contributed by atoms with van der Waals surface area (Å²) in [5.41, 5.74) is 7.48. The summed E-state index contributed by atoms with van der Waals surface area (Å²) in [6.45, 7) is 5.73. The van der Waals surface area contributed by atoms with Crippen LogP contribution in [-0.2, 0) is 10.0 Å². The molecular weight excluding hydrogens is 366 g/mol. The average Bonchev–Trinajstić information content (AvgIpc) is 2.61. The van der Waals surface area contributed by atoms with Crippen molar-refractivity contribution in [2.24, 2.45) is 5.73 Å². The third-order valence-electron chi connectivity index (χ3n) is 4.35. The number of amides is 1. The highest BCUT2D eigenvalue weighted by Crippen LogP contribution is 2.32. The molecule has 3 N–H and O–H groups in total. The second kappa shape index (κ2) is 7.67. The van der Waals surface area contributed by atoms with Crippen molar-refractivity contribution in [3.8, 4) is 11.5 Å². The molecule has 1 fully saturated rings. The summed E-state index contributed by atoms with van der Waals surface area (Å²) in [4.78, 5) is 11.5. The SMILES string of the molecule is Cc1cc(C)cc(Oc2ccc(C(N)=O)cc2S(=O)(=O)N2CCNCC2)c1. The van der Waals surface area contributed by atoms with Crippen LogP contribution < -0.4 is 15.8 Å². The number of carbonyl (C=O) groups is 1. The molecule has 2 aromatic carbocycles. The van der Waals surface area contributed by atoms with Crippen LogP contribution in [0.15, 0.2) is 41.3 Å². The molecule has 0 spiro atoms. The molecule has 144 valence electrons. The minimum Gasteiger partial charge on any atom is -0.456 e. The minimum absolute atomic E-state index is 0.0557. The zero-order valence-electron chi connectivity index (χ0n) is 15.4. The van der Waals surface area contributed by atoms with Gasteiger partial charge >= 0.3 is 0 Å². The number of rotatable bonds is 5. The smallest absolute Gasteiger partial charge is 0.248 e. The highest BCUT2D eigenvalue weighted by molar-refractivity contribution is 7.89. The van der Waals surface area contributed by atoms with Gasteiger partial charge in [-0.1, -0.05) is 6.07 Å². The van der Waals surface area contributed by atoms with E-state index in [0.29, 0.717) is 31.9 Å². The van der Waals surface area contributed by atoms with Gasteiger partial charge in [0.2, 0.25) is 15.9 Å². The van der Waals surface area contributed by atoms with Crippen molar-refractivity contribution in [3.63, 3.8) is 0 Å². The first-order valence-electron chi connectivity index (χ1n) is 8.68. The highest BCUT2D eigenvalue weighted by Gasteiger charge is 2.30. The Kier molecular flexibility index (Phi) is 5.50. The van der Waals surface area contributed by atoms with Gasteiger partial charge in [-0.2, -0.15) is 4.31 Å². The number of ether oxygens (including phenoxy) is 1. The van der Waals surface area contributed by atoms with Crippen molar-refractivity contribution in [1.29, 1.82) is 0 Å². The van der Waals surface area contributed by atoms with Crippen LogP contribution in [0.1, 0.15) is 21.5 Å². The van der Waals surface area contributed by atoms with Gasteiger partial charge in [-0.25, -0.2) is 8.42 Å². The maximum absolute atomic E-state index is 13.2. The molecule has 0 aromatic heterocycles. The lowest BCUT2D eigenvalue weighted by atomic mass is 10.1. The van der Waals surface area contributed by atoms with Gasteiger partial charge in [-0.05, 0) is 55.3 Å². The van der Waals surface area contributed by atoms with Crippen LogP contribution in [0.2, 0.25) is 0 Å². The molecule has 8 heteroatoms. The molecule has 1 heterocycles. The van der Waals surface area contributed by atoms with Crippen LogP contribution in [0.5, 0.6) is 11.5 Å². The fourth-order valence-electron chi connectivity index (χ4n) is 3.09. The summed E-state index contributed by atoms with van der Waals surface area (Å²) >= 11 is 0. The number of nitrogens with one attached hydrogen (secondary N) is 1. The third kappa shape index (κ3) is 4.29. The van der Waals surface area contributed by atoms with Crippen LogP contribution in [-0.4, -0.2) is 44.8 Å². The number of benzene rings is 2. The van der Waals surface area contributed by atoms with Gasteiger partial charge in [0.15, 0.2) is 0 Å². The molecule has 1 aliphatic heterocycles. The Balaban J connectivity index is 2.06. The van der Waals surface area contributed by atoms with Gasteiger partial charge in [0, 0.05) is 31.7 Å². The summed E-state index contributed by atoms with van der Waals surface area (Å²) in [7, 11) is -3.83. The number of aryl methyl sites for hydroxylation is 2. The van der Waals surface area contributed by atoms with Crippen LogP contribution in [0, 0.1) is 13.8 Å². The number of hydrogen-bond acceptors (Lipinski definition) is 5. The number of hydrogen-bond donors (Lipinski definition) is 2. The predicted molar refractivity (Wildman–Crippen MR) is 103 cm³/mol. The van der Waals surface area contributed by atoms with E-state index >= 15 is 0 Å². The van der Waals surface area contributed by atoms with Crippen molar-refractivity contribution in [1.82, 2.24) is 9.62 Å². The molecule has 7 nitrogen and oxygen atoms in total. The molecule has 27 heavy (non-hydrogen) atoms. The van der Waals surface area contributed by atoms with E-state index in [-0.39, 0.29) is 16.2 Å². The summed E-state index contributed by atoms with van der Waals surface area (Å²) in [6, 6.07) is 9.90. The summed E-state index contributed by atoms with van der Waals surface area (Å²) in [6.07, 6.45) is 0. The van der Waals surface area contributed by atoms with E-state index in [1.165, 1.54) is 22.5 Å². The Labute approximate surface area is 159 Å². The van der Waals surface area contributed by atoms with E-state index in [1.54, 1.807) is 0 Å². The first-order valence-corrected chi connectivity index (χ1v) is 10.1. The van der Waals surface area contributed by atoms with Gasteiger partial charge in [-0.3, -0.25) is 4.79 Å². The van der Waals surface area contributed by atoms with E-state index < -0.39 is 15.9 Å². The zero-order chi connectivity index (χ0) is 19.6. The van der Waals surface area contributed by atoms with Crippen molar-refractivity contribution in [2.45, 2.75) is 18.7 Å². The van der Waals surface area contributed by atoms with E-state index in [4.69, 9.17) is 10.5 Å². The predicted octanol–water partition coefficient (Wildman–Crippen LogP) is 1.79. The lowest BCUT2D eigenvalue weighted by Crippen LogP contribution is -2.46. The molecule has 0 radical (unpaired) electrons. The van der Waals surface area contributed by atoms with Crippen molar-refractivity contribution >= 4 is 15.9 Å². The van der Waals surface area contributed by atoms with Crippen molar-refractivity contribution in [3.05, 3.63) is 53.1 Å². The quantitative estimate of drug-likeness (QED) is 0.812. The van der Waals surface area contributed by atoms with Gasteiger partial charge in [0.25, 0.3) is 0 Å². The minimum atomic E-state index is -3.83. The molecule has 1 amide bonds. The second-order valence-corrected chi connectivity index (χ2v) is 8.51. The third-order valence-corrected chi connectivity index (χ3v) is 6.26. The summed E-state index contributed by atoms with van der Waals surface area (Å²) in [5.74, 6) is 0.0179. The largest absolute Gasteiger partial charge is 0.456 e. The van der Waals surface area contributed by atoms with Crippen LogP contribution in [0.4, 0.5) is 0 Å². The molecule has 1 saturated heterocycles. The van der Waals surface area contributed by atoms with Gasteiger partial charge in [0.1, 0.15) is 16.4 Å². The Morgan fingerprint density at radius 3 is 2.30 bits per heavy atom. The summed E-state index contributed by atoms with van der Waals surface area (Å²) in [5, 5.41) is 3.12. The second-order valence-electron chi connectivity index (χ2n) is 6.61. The standard InChI is InChI=1S/C19H23N3O4S/c1-13-9-14(2)11-16(10-13)26-17-4-3-15(19(20)23)12-18(17)27(24,25)22-7-5-21-6-8-22/h3-4,9-12,21H,5-8H2,1-2H3,(H2,20,23). The average molecular weight is 389 g/mol. The molecule has 0 bridgehead atoms. The maximum atomic E-state index is 13.2. The zero-order valence-corrected chi connectivity index (χ0v) is 16.2. The number of nitrogens with zero attached hydrogens (tertiary/aromatic N) is 1. The normalized spacial score (nSPS) is 15.5. The molecule has 0 atom stereocenters. The van der Waals surface area contributed by atoms with E-state index in [0.717, 1.165) is 11.1 Å². The van der Waals surface area contributed by atoms with Gasteiger partial charge in [0.05, 0.1) is 0 Å². The Hall–Kier alpha value is -2.42. The molecule has 3 rings (SSSR count). The first kappa shape index (κ1) is 19.3. The number of carbonyl (C=O) groups excluding carboxylic acids is 1. The molecule has 1 aliphatic rings. The number of nitrogens with two attached hydrogens (primary N) is 1. The van der Waals surface area contributed by atoms with E-state index in [9.17, 15) is 13.2 Å². The van der Waals surface area contributed by atoms with E-state index in [2.05, 4.69) is 5.32 Å². The summed E-state index contributed by atoms with van der Waals surface area (Å²) < 4.78 is 33.6. The van der Waals surface area contributed by atoms with Gasteiger partial charge in [-0.15, -0.1) is 0 Å². The van der Waals surface area contributed by atoms with E-state index in [1.807, 2.05) is 32.0 Å². The fraction of sp³-hybridized carbons (Fsp3) is 0.316. The number of sulfonamides is 1. The topological polar surface area (TPSA) is 102 Å². The molecular formula is C19H23N3O4S. The molecule has 0 saturated carbocycles. The van der Waals surface area contributed by atoms with Crippen LogP contribution in [0.25, 0.3) is 0 Å². The van der Waals surface area contributed by atoms with Crippen molar-refractivity contribution < 1.29 is 17.9 Å². The van der Waals surface area contributed by atoms with Crippen LogP contribution >= 0.6 is 0 Å². The lowest BCUT2D eigenvalue weighted by molar-refractivity contribution is 0.1000. The molecule has 0 aliphatic carbocycles. The fourth-order valence-corrected chi connectivity index (χ4v) is 4.67.